The van der Waals surface area contributed by atoms with Crippen LogP contribution in [0.2, 0.25) is 0 Å². The van der Waals surface area contributed by atoms with E-state index in [1.165, 1.54) is 32.1 Å². The van der Waals surface area contributed by atoms with Crippen LogP contribution in [0, 0.1) is 11.6 Å². The summed E-state index contributed by atoms with van der Waals surface area (Å²) in [4.78, 5) is 4.52. The second-order valence-electron chi connectivity index (χ2n) is 6.83. The summed E-state index contributed by atoms with van der Waals surface area (Å²) in [6, 6.07) is 8.63. The highest BCUT2D eigenvalue weighted by Crippen LogP contribution is 2.36. The van der Waals surface area contributed by atoms with Gasteiger partial charge in [-0.25, -0.2) is 8.78 Å². The van der Waals surface area contributed by atoms with E-state index in [4.69, 9.17) is 14.0 Å². The van der Waals surface area contributed by atoms with Crippen molar-refractivity contribution < 1.29 is 22.8 Å². The van der Waals surface area contributed by atoms with Gasteiger partial charge in [-0.2, -0.15) is 4.98 Å². The largest absolute Gasteiger partial charge is 0.493 e. The zero-order valence-electron chi connectivity index (χ0n) is 15.5. The number of methoxy groups -OCH3 is 1. The van der Waals surface area contributed by atoms with Crippen LogP contribution in [0.25, 0.3) is 11.4 Å². The minimum Gasteiger partial charge on any atom is -0.493 e. The Labute approximate surface area is 161 Å². The summed E-state index contributed by atoms with van der Waals surface area (Å²) < 4.78 is 43.3. The highest BCUT2D eigenvalue weighted by Gasteiger charge is 2.23. The lowest BCUT2D eigenvalue weighted by molar-refractivity contribution is 0.279. The summed E-state index contributed by atoms with van der Waals surface area (Å²) >= 11 is 0. The monoisotopic (exact) mass is 386 g/mol. The summed E-state index contributed by atoms with van der Waals surface area (Å²) in [6.07, 6.45) is 4.54. The molecule has 1 aliphatic carbocycles. The molecular formula is C21H20F2N2O3. The molecule has 0 bridgehead atoms. The van der Waals surface area contributed by atoms with Gasteiger partial charge in [0.1, 0.15) is 18.2 Å². The number of benzene rings is 2. The van der Waals surface area contributed by atoms with E-state index in [9.17, 15) is 8.78 Å². The third-order valence-corrected chi connectivity index (χ3v) is 4.97. The predicted molar refractivity (Wildman–Crippen MR) is 98.2 cm³/mol. The molecule has 146 valence electrons. The molecule has 0 amide bonds. The molecule has 1 aliphatic rings. The van der Waals surface area contributed by atoms with Crippen molar-refractivity contribution in [3.05, 3.63) is 59.5 Å². The van der Waals surface area contributed by atoms with Gasteiger partial charge in [0.05, 0.1) is 7.11 Å². The number of hydrogen-bond donors (Lipinski definition) is 0. The van der Waals surface area contributed by atoms with Gasteiger partial charge < -0.3 is 14.0 Å². The van der Waals surface area contributed by atoms with Gasteiger partial charge in [0, 0.05) is 23.1 Å². The summed E-state index contributed by atoms with van der Waals surface area (Å²) in [7, 11) is 1.52. The molecule has 1 saturated carbocycles. The second kappa shape index (κ2) is 7.96. The molecular weight excluding hydrogens is 366 g/mol. The van der Waals surface area contributed by atoms with E-state index in [0.717, 1.165) is 24.5 Å². The topological polar surface area (TPSA) is 57.4 Å². The fourth-order valence-electron chi connectivity index (χ4n) is 3.41. The van der Waals surface area contributed by atoms with Gasteiger partial charge in [0.25, 0.3) is 0 Å². The first-order valence-corrected chi connectivity index (χ1v) is 9.23. The molecule has 3 aromatic rings. The molecule has 4 rings (SSSR count). The minimum absolute atomic E-state index is 0.0458. The molecule has 28 heavy (non-hydrogen) atoms. The third-order valence-electron chi connectivity index (χ3n) is 4.97. The first-order chi connectivity index (χ1) is 13.6. The predicted octanol–water partition coefficient (Wildman–Crippen LogP) is 5.26. The van der Waals surface area contributed by atoms with E-state index < -0.39 is 11.6 Å². The summed E-state index contributed by atoms with van der Waals surface area (Å²) in [5, 5.41) is 4.08. The van der Waals surface area contributed by atoms with Crippen LogP contribution >= 0.6 is 0 Å². The van der Waals surface area contributed by atoms with Crippen molar-refractivity contribution >= 4 is 0 Å². The molecule has 0 atom stereocenters. The lowest BCUT2D eigenvalue weighted by atomic mass is 10.1. The number of rotatable bonds is 6. The molecule has 7 heteroatoms. The van der Waals surface area contributed by atoms with Gasteiger partial charge in [0.15, 0.2) is 11.5 Å². The van der Waals surface area contributed by atoms with Gasteiger partial charge in [-0.15, -0.1) is 0 Å². The van der Waals surface area contributed by atoms with Gasteiger partial charge in [-0.1, -0.05) is 18.0 Å². The molecule has 0 unspecified atom stereocenters. The molecule has 0 N–H and O–H groups in total. The van der Waals surface area contributed by atoms with Crippen LogP contribution in [0.5, 0.6) is 11.5 Å². The molecule has 1 heterocycles. The molecule has 0 spiro atoms. The summed E-state index contributed by atoms with van der Waals surface area (Å²) in [5.41, 5.74) is 0.997. The maximum atomic E-state index is 13.8. The Bertz CT molecular complexity index is 968. The van der Waals surface area contributed by atoms with Crippen molar-refractivity contribution in [1.82, 2.24) is 10.1 Å². The average molecular weight is 386 g/mol. The maximum Gasteiger partial charge on any atom is 0.230 e. The Balaban J connectivity index is 1.51. The SMILES string of the molecule is COc1cc(-c2noc(C3CCCC3)n2)ccc1OCc1ccc(F)cc1F. The van der Waals surface area contributed by atoms with Crippen LogP contribution < -0.4 is 9.47 Å². The van der Waals surface area contributed by atoms with Crippen LogP contribution in [0.1, 0.15) is 43.1 Å². The molecule has 1 aromatic heterocycles. The zero-order chi connectivity index (χ0) is 19.5. The van der Waals surface area contributed by atoms with Crippen LogP contribution in [-0.2, 0) is 6.61 Å². The van der Waals surface area contributed by atoms with E-state index in [2.05, 4.69) is 10.1 Å². The van der Waals surface area contributed by atoms with Gasteiger partial charge in [-0.05, 0) is 43.2 Å². The molecule has 0 aliphatic heterocycles. The first-order valence-electron chi connectivity index (χ1n) is 9.23. The summed E-state index contributed by atoms with van der Waals surface area (Å²) in [6.45, 7) is -0.0458. The summed E-state index contributed by atoms with van der Waals surface area (Å²) in [5.74, 6) is 1.15. The van der Waals surface area contributed by atoms with Crippen molar-refractivity contribution in [3.8, 4) is 22.9 Å². The molecule has 2 aromatic carbocycles. The smallest absolute Gasteiger partial charge is 0.230 e. The standard InChI is InChI=1S/C21H20F2N2O3/c1-26-19-10-14(20-24-21(28-25-20)13-4-2-3-5-13)7-9-18(19)27-12-15-6-8-16(22)11-17(15)23/h6-11,13H,2-5,12H2,1H3. The van der Waals surface area contributed by atoms with E-state index >= 15 is 0 Å². The highest BCUT2D eigenvalue weighted by atomic mass is 19.1. The van der Waals surface area contributed by atoms with Gasteiger partial charge in [-0.3, -0.25) is 0 Å². The molecule has 0 radical (unpaired) electrons. The van der Waals surface area contributed by atoms with E-state index in [-0.39, 0.29) is 12.2 Å². The highest BCUT2D eigenvalue weighted by molar-refractivity contribution is 5.60. The Morgan fingerprint density at radius 2 is 1.89 bits per heavy atom. The van der Waals surface area contributed by atoms with Crippen molar-refractivity contribution in [2.24, 2.45) is 0 Å². The Kier molecular flexibility index (Phi) is 5.23. The third kappa shape index (κ3) is 3.83. The molecule has 1 fully saturated rings. The van der Waals surface area contributed by atoms with Crippen LogP contribution in [0.15, 0.2) is 40.9 Å². The van der Waals surface area contributed by atoms with E-state index in [0.29, 0.717) is 29.1 Å². The quantitative estimate of drug-likeness (QED) is 0.578. The number of hydrogen-bond acceptors (Lipinski definition) is 5. The average Bonchev–Trinajstić information content (AvgIpc) is 3.39. The Morgan fingerprint density at radius 3 is 2.64 bits per heavy atom. The number of halogens is 2. The van der Waals surface area contributed by atoms with E-state index in [1.54, 1.807) is 18.2 Å². The first kappa shape index (κ1) is 18.4. The molecule has 0 saturated heterocycles. The number of aromatic nitrogens is 2. The van der Waals surface area contributed by atoms with Crippen LogP contribution in [0.3, 0.4) is 0 Å². The lowest BCUT2D eigenvalue weighted by Gasteiger charge is -2.12. The molecule has 5 nitrogen and oxygen atoms in total. The number of nitrogens with zero attached hydrogens (tertiary/aromatic N) is 2. The van der Waals surface area contributed by atoms with Crippen LogP contribution in [-0.4, -0.2) is 17.3 Å². The van der Waals surface area contributed by atoms with E-state index in [1.807, 2.05) is 0 Å². The van der Waals surface area contributed by atoms with Crippen molar-refractivity contribution in [2.75, 3.05) is 7.11 Å². The zero-order valence-corrected chi connectivity index (χ0v) is 15.5. The Hall–Kier alpha value is -2.96. The normalized spacial score (nSPS) is 14.4. The fraction of sp³-hybridized carbons (Fsp3) is 0.333. The second-order valence-corrected chi connectivity index (χ2v) is 6.83. The Morgan fingerprint density at radius 1 is 1.07 bits per heavy atom. The minimum atomic E-state index is -0.651. The fourth-order valence-corrected chi connectivity index (χ4v) is 3.41. The van der Waals surface area contributed by atoms with Gasteiger partial charge >= 0.3 is 0 Å². The number of ether oxygens (including phenoxy) is 2. The lowest BCUT2D eigenvalue weighted by Crippen LogP contribution is -2.01. The van der Waals surface area contributed by atoms with Crippen molar-refractivity contribution in [2.45, 2.75) is 38.2 Å². The maximum absolute atomic E-state index is 13.8. The van der Waals surface area contributed by atoms with Crippen molar-refractivity contribution in [1.29, 1.82) is 0 Å². The van der Waals surface area contributed by atoms with Crippen LogP contribution in [0.4, 0.5) is 8.78 Å². The van der Waals surface area contributed by atoms with Crippen molar-refractivity contribution in [3.63, 3.8) is 0 Å². The van der Waals surface area contributed by atoms with Gasteiger partial charge in [0.2, 0.25) is 11.7 Å².